The summed E-state index contributed by atoms with van der Waals surface area (Å²) in [5, 5.41) is 15.3. The van der Waals surface area contributed by atoms with Crippen molar-refractivity contribution in [3.8, 4) is 0 Å². The Balaban J connectivity index is 2.12. The molecule has 0 saturated carbocycles. The number of nitrogens with one attached hydrogen (secondary N) is 1. The highest BCUT2D eigenvalue weighted by Gasteiger charge is 2.20. The largest absolute Gasteiger partial charge is 0.368 e. The Morgan fingerprint density at radius 2 is 2.30 bits per heavy atom. The molecule has 6 nitrogen and oxygen atoms in total. The van der Waals surface area contributed by atoms with Gasteiger partial charge in [0, 0.05) is 49.0 Å². The summed E-state index contributed by atoms with van der Waals surface area (Å²) in [4.78, 5) is 17.2. The summed E-state index contributed by atoms with van der Waals surface area (Å²) in [6.07, 6.45) is 1.65. The van der Waals surface area contributed by atoms with Crippen molar-refractivity contribution in [3.63, 3.8) is 0 Å². The first kappa shape index (κ1) is 12.8. The first-order valence-corrected chi connectivity index (χ1v) is 6.67. The number of para-hydroxylation sites is 1. The monoisotopic (exact) mass is 272 g/mol. The summed E-state index contributed by atoms with van der Waals surface area (Å²) >= 11 is 0. The molecule has 0 amide bonds. The predicted octanol–water partition coefficient (Wildman–Crippen LogP) is 1.94. The molecule has 104 valence electrons. The van der Waals surface area contributed by atoms with Crippen LogP contribution in [0.1, 0.15) is 6.92 Å². The summed E-state index contributed by atoms with van der Waals surface area (Å²) in [5.41, 5.74) is 1.54. The van der Waals surface area contributed by atoms with Gasteiger partial charge in [-0.05, 0) is 13.0 Å². The third-order valence-corrected chi connectivity index (χ3v) is 3.63. The predicted molar refractivity (Wildman–Crippen MR) is 78.1 cm³/mol. The lowest BCUT2D eigenvalue weighted by molar-refractivity contribution is -0.383. The standard InChI is InChI=1S/C14H16N4O2/c1-10-9-17(8-7-15-10)12-5-6-16-14-11(12)3-2-4-13(14)18(19)20/h2-6,10,15H,7-9H2,1H3/t10-/m0/s1. The average molecular weight is 272 g/mol. The van der Waals surface area contributed by atoms with Crippen LogP contribution in [-0.2, 0) is 0 Å². The molecule has 6 heteroatoms. The fourth-order valence-electron chi connectivity index (χ4n) is 2.72. The second kappa shape index (κ2) is 5.05. The highest BCUT2D eigenvalue weighted by atomic mass is 16.6. The van der Waals surface area contributed by atoms with Crippen molar-refractivity contribution in [2.45, 2.75) is 13.0 Å². The number of pyridine rings is 1. The molecule has 2 aromatic rings. The molecule has 1 aromatic carbocycles. The number of hydrogen-bond acceptors (Lipinski definition) is 5. The van der Waals surface area contributed by atoms with Gasteiger partial charge >= 0.3 is 0 Å². The molecule has 1 N–H and O–H groups in total. The van der Waals surface area contributed by atoms with Crippen molar-refractivity contribution >= 4 is 22.3 Å². The maximum absolute atomic E-state index is 11.1. The van der Waals surface area contributed by atoms with Gasteiger partial charge in [-0.25, -0.2) is 4.98 Å². The lowest BCUT2D eigenvalue weighted by atomic mass is 10.1. The van der Waals surface area contributed by atoms with Crippen LogP contribution in [0.2, 0.25) is 0 Å². The van der Waals surface area contributed by atoms with Gasteiger partial charge in [0.25, 0.3) is 5.69 Å². The third-order valence-electron chi connectivity index (χ3n) is 3.63. The fourth-order valence-corrected chi connectivity index (χ4v) is 2.72. The van der Waals surface area contributed by atoms with E-state index in [1.54, 1.807) is 12.3 Å². The zero-order valence-corrected chi connectivity index (χ0v) is 11.2. The zero-order chi connectivity index (χ0) is 14.1. The van der Waals surface area contributed by atoms with Crippen molar-refractivity contribution in [1.82, 2.24) is 10.3 Å². The first-order valence-electron chi connectivity index (χ1n) is 6.67. The van der Waals surface area contributed by atoms with Gasteiger partial charge in [0.15, 0.2) is 0 Å². The van der Waals surface area contributed by atoms with Crippen molar-refractivity contribution in [3.05, 3.63) is 40.6 Å². The van der Waals surface area contributed by atoms with E-state index in [0.717, 1.165) is 30.7 Å². The van der Waals surface area contributed by atoms with Gasteiger partial charge < -0.3 is 10.2 Å². The van der Waals surface area contributed by atoms with Crippen LogP contribution in [0.25, 0.3) is 10.9 Å². The van der Waals surface area contributed by atoms with Gasteiger partial charge in [0.05, 0.1) is 4.92 Å². The SMILES string of the molecule is C[C@H]1CN(c2ccnc3c([N+](=O)[O-])cccc23)CCN1. The number of nitro groups is 1. The molecule has 3 rings (SSSR count). The number of nitro benzene ring substituents is 1. The summed E-state index contributed by atoms with van der Waals surface area (Å²) in [7, 11) is 0. The molecular weight excluding hydrogens is 256 g/mol. The molecule has 20 heavy (non-hydrogen) atoms. The molecule has 1 aromatic heterocycles. The summed E-state index contributed by atoms with van der Waals surface area (Å²) in [5.74, 6) is 0. The number of benzene rings is 1. The molecule has 0 bridgehead atoms. The van der Waals surface area contributed by atoms with Gasteiger partial charge in [-0.1, -0.05) is 12.1 Å². The van der Waals surface area contributed by atoms with Crippen molar-refractivity contribution in [2.24, 2.45) is 0 Å². The van der Waals surface area contributed by atoms with Gasteiger partial charge in [-0.2, -0.15) is 0 Å². The Morgan fingerprint density at radius 3 is 3.05 bits per heavy atom. The van der Waals surface area contributed by atoms with E-state index in [2.05, 4.69) is 22.1 Å². The number of rotatable bonds is 2. The van der Waals surface area contributed by atoms with E-state index < -0.39 is 0 Å². The van der Waals surface area contributed by atoms with E-state index in [1.807, 2.05) is 12.1 Å². The zero-order valence-electron chi connectivity index (χ0n) is 11.2. The number of hydrogen-bond donors (Lipinski definition) is 1. The number of anilines is 1. The summed E-state index contributed by atoms with van der Waals surface area (Å²) in [6.45, 7) is 4.84. The normalized spacial score (nSPS) is 19.2. The molecule has 2 heterocycles. The van der Waals surface area contributed by atoms with Crippen LogP contribution in [-0.4, -0.2) is 35.6 Å². The maximum atomic E-state index is 11.1. The molecule has 1 aliphatic rings. The van der Waals surface area contributed by atoms with Gasteiger partial charge in [0.2, 0.25) is 0 Å². The minimum Gasteiger partial charge on any atom is -0.368 e. The number of nitrogens with zero attached hydrogens (tertiary/aromatic N) is 3. The van der Waals surface area contributed by atoms with E-state index in [4.69, 9.17) is 0 Å². The number of piperazine rings is 1. The van der Waals surface area contributed by atoms with Gasteiger partial charge in [0.1, 0.15) is 5.52 Å². The molecule has 1 atom stereocenters. The van der Waals surface area contributed by atoms with Crippen LogP contribution < -0.4 is 10.2 Å². The first-order chi connectivity index (χ1) is 9.66. The number of aromatic nitrogens is 1. The smallest absolute Gasteiger partial charge is 0.295 e. The lowest BCUT2D eigenvalue weighted by Gasteiger charge is -2.34. The molecule has 0 radical (unpaired) electrons. The van der Waals surface area contributed by atoms with Crippen molar-refractivity contribution < 1.29 is 4.92 Å². The van der Waals surface area contributed by atoms with Crippen LogP contribution in [0, 0.1) is 10.1 Å². The van der Waals surface area contributed by atoms with Crippen LogP contribution in [0.4, 0.5) is 11.4 Å². The molecule has 1 fully saturated rings. The molecule has 0 spiro atoms. The van der Waals surface area contributed by atoms with E-state index in [-0.39, 0.29) is 10.6 Å². The molecule has 0 aliphatic carbocycles. The average Bonchev–Trinajstić information content (AvgIpc) is 2.45. The third kappa shape index (κ3) is 2.18. The fraction of sp³-hybridized carbons (Fsp3) is 0.357. The Kier molecular flexibility index (Phi) is 3.23. The summed E-state index contributed by atoms with van der Waals surface area (Å²) in [6, 6.07) is 7.46. The Hall–Kier alpha value is -2.21. The van der Waals surface area contributed by atoms with Crippen molar-refractivity contribution in [2.75, 3.05) is 24.5 Å². The second-order valence-corrected chi connectivity index (χ2v) is 5.06. The minimum absolute atomic E-state index is 0.0625. The Labute approximate surface area is 116 Å². The Morgan fingerprint density at radius 1 is 1.45 bits per heavy atom. The number of non-ortho nitro benzene ring substituents is 1. The van der Waals surface area contributed by atoms with Crippen LogP contribution >= 0.6 is 0 Å². The lowest BCUT2D eigenvalue weighted by Crippen LogP contribution is -2.49. The van der Waals surface area contributed by atoms with Gasteiger partial charge in [-0.3, -0.25) is 10.1 Å². The van der Waals surface area contributed by atoms with E-state index in [9.17, 15) is 10.1 Å². The molecule has 0 unspecified atom stereocenters. The molecular formula is C14H16N4O2. The quantitative estimate of drug-likeness (QED) is 0.668. The maximum Gasteiger partial charge on any atom is 0.295 e. The molecule has 1 aliphatic heterocycles. The van der Waals surface area contributed by atoms with Gasteiger partial charge in [-0.15, -0.1) is 0 Å². The van der Waals surface area contributed by atoms with E-state index >= 15 is 0 Å². The molecule has 1 saturated heterocycles. The topological polar surface area (TPSA) is 71.3 Å². The highest BCUT2D eigenvalue weighted by molar-refractivity contribution is 5.96. The minimum atomic E-state index is -0.375. The Bertz CT molecular complexity index is 659. The summed E-state index contributed by atoms with van der Waals surface area (Å²) < 4.78 is 0. The number of fused-ring (bicyclic) bond motifs is 1. The van der Waals surface area contributed by atoms with E-state index in [0.29, 0.717) is 11.6 Å². The highest BCUT2D eigenvalue weighted by Crippen LogP contribution is 2.31. The van der Waals surface area contributed by atoms with Crippen LogP contribution in [0.5, 0.6) is 0 Å². The van der Waals surface area contributed by atoms with Crippen molar-refractivity contribution in [1.29, 1.82) is 0 Å². The van der Waals surface area contributed by atoms with E-state index in [1.165, 1.54) is 6.07 Å². The van der Waals surface area contributed by atoms with Crippen LogP contribution in [0.3, 0.4) is 0 Å². The van der Waals surface area contributed by atoms with Crippen LogP contribution in [0.15, 0.2) is 30.5 Å². The second-order valence-electron chi connectivity index (χ2n) is 5.06.